The lowest BCUT2D eigenvalue weighted by Gasteiger charge is -2.21. The second kappa shape index (κ2) is 4.27. The normalized spacial score (nSPS) is 18.3. The largest absolute Gasteiger partial charge is 0.353 e. The first kappa shape index (κ1) is 9.92. The van der Waals surface area contributed by atoms with Gasteiger partial charge in [0.25, 0.3) is 0 Å². The monoisotopic (exact) mass is 259 g/mol. The number of aryl methyl sites for hydroxylation is 1. The summed E-state index contributed by atoms with van der Waals surface area (Å²) in [6.07, 6.45) is 1.16. The molecule has 1 aliphatic rings. The van der Waals surface area contributed by atoms with Gasteiger partial charge in [-0.05, 0) is 28.9 Å². The van der Waals surface area contributed by atoms with Crippen LogP contribution in [0.15, 0.2) is 4.60 Å². The SMILES string of the molecule is Cn1nnc(Br)c1N1CCCNCC1. The molecule has 1 fully saturated rings. The molecule has 0 aromatic carbocycles. The van der Waals surface area contributed by atoms with Gasteiger partial charge in [-0.2, -0.15) is 0 Å². The van der Waals surface area contributed by atoms with Crippen molar-refractivity contribution in [3.8, 4) is 0 Å². The van der Waals surface area contributed by atoms with Crippen molar-refractivity contribution < 1.29 is 0 Å². The minimum atomic E-state index is 0.835. The number of anilines is 1. The van der Waals surface area contributed by atoms with Crippen molar-refractivity contribution in [3.05, 3.63) is 4.60 Å². The maximum Gasteiger partial charge on any atom is 0.172 e. The number of rotatable bonds is 1. The van der Waals surface area contributed by atoms with Crippen LogP contribution in [-0.4, -0.2) is 41.2 Å². The first-order valence-electron chi connectivity index (χ1n) is 4.80. The van der Waals surface area contributed by atoms with E-state index < -0.39 is 0 Å². The van der Waals surface area contributed by atoms with Crippen LogP contribution < -0.4 is 10.2 Å². The number of hydrogen-bond acceptors (Lipinski definition) is 4. The smallest absolute Gasteiger partial charge is 0.172 e. The van der Waals surface area contributed by atoms with Gasteiger partial charge in [-0.3, -0.25) is 0 Å². The maximum atomic E-state index is 3.99. The van der Waals surface area contributed by atoms with Crippen LogP contribution in [0.3, 0.4) is 0 Å². The zero-order valence-electron chi connectivity index (χ0n) is 8.20. The molecule has 2 rings (SSSR count). The van der Waals surface area contributed by atoms with Gasteiger partial charge in [0.1, 0.15) is 0 Å². The van der Waals surface area contributed by atoms with Crippen molar-refractivity contribution in [3.63, 3.8) is 0 Å². The van der Waals surface area contributed by atoms with Crippen molar-refractivity contribution in [2.75, 3.05) is 31.1 Å². The number of aromatic nitrogens is 3. The fourth-order valence-electron chi connectivity index (χ4n) is 1.72. The molecule has 14 heavy (non-hydrogen) atoms. The molecule has 1 aromatic heterocycles. The lowest BCUT2D eigenvalue weighted by atomic mass is 10.4. The first-order valence-corrected chi connectivity index (χ1v) is 5.59. The summed E-state index contributed by atoms with van der Waals surface area (Å²) >= 11 is 3.42. The predicted octanol–water partition coefficient (Wildman–Crippen LogP) is 0.377. The molecule has 0 bridgehead atoms. The van der Waals surface area contributed by atoms with Gasteiger partial charge in [0.15, 0.2) is 10.4 Å². The van der Waals surface area contributed by atoms with Crippen LogP contribution in [0.2, 0.25) is 0 Å². The molecule has 1 aromatic rings. The fraction of sp³-hybridized carbons (Fsp3) is 0.750. The molecule has 1 aliphatic heterocycles. The van der Waals surface area contributed by atoms with Crippen molar-refractivity contribution in [2.24, 2.45) is 7.05 Å². The molecule has 78 valence electrons. The molecule has 1 N–H and O–H groups in total. The molecular formula is C8H14BrN5. The molecule has 0 unspecified atom stereocenters. The van der Waals surface area contributed by atoms with Crippen LogP contribution in [0, 0.1) is 0 Å². The highest BCUT2D eigenvalue weighted by Crippen LogP contribution is 2.22. The van der Waals surface area contributed by atoms with E-state index in [-0.39, 0.29) is 0 Å². The van der Waals surface area contributed by atoms with Crippen molar-refractivity contribution >= 4 is 21.7 Å². The molecule has 6 heteroatoms. The summed E-state index contributed by atoms with van der Waals surface area (Å²) < 4.78 is 2.65. The van der Waals surface area contributed by atoms with Crippen LogP contribution in [0.5, 0.6) is 0 Å². The third-order valence-corrected chi connectivity index (χ3v) is 2.91. The number of hydrogen-bond donors (Lipinski definition) is 1. The van der Waals surface area contributed by atoms with Crippen LogP contribution >= 0.6 is 15.9 Å². The van der Waals surface area contributed by atoms with Gasteiger partial charge < -0.3 is 10.2 Å². The summed E-state index contributed by atoms with van der Waals surface area (Å²) in [4.78, 5) is 2.31. The summed E-state index contributed by atoms with van der Waals surface area (Å²) in [5.41, 5.74) is 0. The van der Waals surface area contributed by atoms with E-state index in [1.807, 2.05) is 11.7 Å². The fourth-order valence-corrected chi connectivity index (χ4v) is 2.30. The topological polar surface area (TPSA) is 46.0 Å². The average Bonchev–Trinajstić information content (AvgIpc) is 2.45. The van der Waals surface area contributed by atoms with E-state index in [9.17, 15) is 0 Å². The summed E-state index contributed by atoms with van der Waals surface area (Å²) in [6.45, 7) is 4.20. The molecule has 0 radical (unpaired) electrons. The minimum absolute atomic E-state index is 0.835. The summed E-state index contributed by atoms with van der Waals surface area (Å²) in [5.74, 6) is 1.08. The zero-order chi connectivity index (χ0) is 9.97. The third kappa shape index (κ3) is 1.90. The van der Waals surface area contributed by atoms with Crippen LogP contribution in [0.25, 0.3) is 0 Å². The van der Waals surface area contributed by atoms with Gasteiger partial charge in [0.05, 0.1) is 0 Å². The van der Waals surface area contributed by atoms with E-state index >= 15 is 0 Å². The number of nitrogens with one attached hydrogen (secondary N) is 1. The highest BCUT2D eigenvalue weighted by molar-refractivity contribution is 9.10. The molecule has 0 aliphatic carbocycles. The Balaban J connectivity index is 2.19. The predicted molar refractivity (Wildman–Crippen MR) is 58.4 cm³/mol. The van der Waals surface area contributed by atoms with E-state index in [0.29, 0.717) is 0 Å². The van der Waals surface area contributed by atoms with Gasteiger partial charge in [0.2, 0.25) is 0 Å². The standard InChI is InChI=1S/C8H14BrN5/c1-13-8(7(9)11-12-13)14-5-2-3-10-4-6-14/h10H,2-6H2,1H3. The van der Waals surface area contributed by atoms with Gasteiger partial charge in [-0.25, -0.2) is 4.68 Å². The minimum Gasteiger partial charge on any atom is -0.353 e. The van der Waals surface area contributed by atoms with Crippen LogP contribution in [-0.2, 0) is 7.05 Å². The Kier molecular flexibility index (Phi) is 3.02. The second-order valence-corrected chi connectivity index (χ2v) is 4.17. The van der Waals surface area contributed by atoms with Crippen LogP contribution in [0.4, 0.5) is 5.82 Å². The molecule has 0 amide bonds. The molecule has 1 saturated heterocycles. The van der Waals surface area contributed by atoms with E-state index in [1.54, 1.807) is 0 Å². The molecule has 0 spiro atoms. The zero-order valence-corrected chi connectivity index (χ0v) is 9.79. The third-order valence-electron chi connectivity index (χ3n) is 2.40. The Hall–Kier alpha value is -0.620. The van der Waals surface area contributed by atoms with E-state index in [4.69, 9.17) is 0 Å². The lowest BCUT2D eigenvalue weighted by Crippen LogP contribution is -2.29. The summed E-state index contributed by atoms with van der Waals surface area (Å²) in [7, 11) is 1.92. The second-order valence-electron chi connectivity index (χ2n) is 3.42. The Morgan fingerprint density at radius 1 is 1.36 bits per heavy atom. The Morgan fingerprint density at radius 3 is 2.93 bits per heavy atom. The molecule has 0 atom stereocenters. The first-order chi connectivity index (χ1) is 6.79. The van der Waals surface area contributed by atoms with Crippen molar-refractivity contribution in [2.45, 2.75) is 6.42 Å². The Morgan fingerprint density at radius 2 is 2.21 bits per heavy atom. The van der Waals surface area contributed by atoms with Gasteiger partial charge in [0, 0.05) is 26.7 Å². The van der Waals surface area contributed by atoms with Gasteiger partial charge >= 0.3 is 0 Å². The number of nitrogens with zero attached hydrogens (tertiary/aromatic N) is 4. The van der Waals surface area contributed by atoms with Crippen molar-refractivity contribution in [1.82, 2.24) is 20.3 Å². The molecular weight excluding hydrogens is 246 g/mol. The Labute approximate surface area is 91.6 Å². The highest BCUT2D eigenvalue weighted by atomic mass is 79.9. The van der Waals surface area contributed by atoms with Crippen LogP contribution in [0.1, 0.15) is 6.42 Å². The van der Waals surface area contributed by atoms with E-state index in [0.717, 1.165) is 43.0 Å². The molecule has 5 nitrogen and oxygen atoms in total. The van der Waals surface area contributed by atoms with E-state index in [2.05, 4.69) is 36.5 Å². The van der Waals surface area contributed by atoms with Gasteiger partial charge in [-0.15, -0.1) is 5.10 Å². The average molecular weight is 260 g/mol. The summed E-state index contributed by atoms with van der Waals surface area (Å²) in [5, 5.41) is 11.3. The highest BCUT2D eigenvalue weighted by Gasteiger charge is 2.17. The van der Waals surface area contributed by atoms with Gasteiger partial charge in [-0.1, -0.05) is 5.21 Å². The molecule has 2 heterocycles. The maximum absolute atomic E-state index is 3.99. The van der Waals surface area contributed by atoms with Crippen molar-refractivity contribution in [1.29, 1.82) is 0 Å². The molecule has 0 saturated carbocycles. The Bertz CT molecular complexity index is 283. The quantitative estimate of drug-likeness (QED) is 0.792. The number of halogens is 1. The van der Waals surface area contributed by atoms with E-state index in [1.165, 1.54) is 0 Å². The summed E-state index contributed by atoms with van der Waals surface area (Å²) in [6, 6.07) is 0. The lowest BCUT2D eigenvalue weighted by molar-refractivity contribution is 0.682.